The molecule has 0 amide bonds. The molecule has 7 nitrogen and oxygen atoms in total. The van der Waals surface area contributed by atoms with Gasteiger partial charge in [-0.15, -0.1) is 0 Å². The third kappa shape index (κ3) is 2.99. The number of alkyl halides is 2. The van der Waals surface area contributed by atoms with Gasteiger partial charge < -0.3 is 15.5 Å². The Kier molecular flexibility index (Phi) is 4.62. The maximum atomic E-state index is 15.6. The van der Waals surface area contributed by atoms with E-state index in [0.717, 1.165) is 0 Å². The molecule has 0 bridgehead atoms. The first-order valence-corrected chi connectivity index (χ1v) is 10.5. The van der Waals surface area contributed by atoms with Gasteiger partial charge in [-0.25, -0.2) is 18.0 Å². The van der Waals surface area contributed by atoms with Gasteiger partial charge in [-0.3, -0.25) is 14.3 Å². The number of aliphatic hydroxyl groups is 2. The van der Waals surface area contributed by atoms with Gasteiger partial charge >= 0.3 is 5.69 Å². The summed E-state index contributed by atoms with van der Waals surface area (Å²) in [6.07, 6.45) is -2.17. The Balaban J connectivity index is 1.78. The molecule has 168 valence electrons. The van der Waals surface area contributed by atoms with E-state index in [9.17, 15) is 28.6 Å². The van der Waals surface area contributed by atoms with Crippen molar-refractivity contribution in [1.82, 2.24) is 14.9 Å². The summed E-state index contributed by atoms with van der Waals surface area (Å²) < 4.78 is 45.0. The third-order valence-corrected chi connectivity index (χ3v) is 7.33. The lowest BCUT2D eigenvalue weighted by atomic mass is 9.87. The highest BCUT2D eigenvalue weighted by Crippen LogP contribution is 2.53. The fourth-order valence-electron chi connectivity index (χ4n) is 5.68. The first-order valence-electron chi connectivity index (χ1n) is 10.5. The summed E-state index contributed by atoms with van der Waals surface area (Å²) in [5.41, 5.74) is -2.67. The molecule has 10 heteroatoms. The number of H-pyrrole nitrogens is 1. The van der Waals surface area contributed by atoms with Crippen LogP contribution in [0.25, 0.3) is 10.9 Å². The zero-order valence-corrected chi connectivity index (χ0v) is 16.9. The van der Waals surface area contributed by atoms with Crippen LogP contribution in [0.4, 0.5) is 13.2 Å². The molecule has 2 aliphatic carbocycles. The Morgan fingerprint density at radius 2 is 1.97 bits per heavy atom. The van der Waals surface area contributed by atoms with E-state index in [4.69, 9.17) is 0 Å². The molecule has 3 fully saturated rings. The van der Waals surface area contributed by atoms with Gasteiger partial charge in [-0.1, -0.05) is 0 Å². The van der Waals surface area contributed by atoms with Crippen LogP contribution in [0.1, 0.15) is 60.8 Å². The summed E-state index contributed by atoms with van der Waals surface area (Å²) >= 11 is 0. The van der Waals surface area contributed by atoms with Gasteiger partial charge in [0.15, 0.2) is 0 Å². The number of hydrogen-bond donors (Lipinski definition) is 4. The van der Waals surface area contributed by atoms with E-state index in [1.807, 2.05) is 0 Å². The monoisotopic (exact) mass is 439 g/mol. The fraction of sp³-hybridized carbons (Fsp3) is 0.619. The van der Waals surface area contributed by atoms with Gasteiger partial charge in [0, 0.05) is 24.0 Å². The molecule has 4 atom stereocenters. The predicted molar refractivity (Wildman–Crippen MR) is 106 cm³/mol. The van der Waals surface area contributed by atoms with Crippen molar-refractivity contribution < 1.29 is 23.4 Å². The van der Waals surface area contributed by atoms with Gasteiger partial charge in [0.25, 0.3) is 12.0 Å². The molecule has 2 heterocycles. The first kappa shape index (κ1) is 20.7. The molecule has 1 spiro atoms. The molecule has 3 aliphatic rings. The van der Waals surface area contributed by atoms with E-state index >= 15 is 4.39 Å². The number of benzene rings is 1. The van der Waals surface area contributed by atoms with Gasteiger partial charge in [-0.2, -0.15) is 0 Å². The number of aromatic amines is 1. The Morgan fingerprint density at radius 1 is 1.29 bits per heavy atom. The minimum Gasteiger partial charge on any atom is -0.394 e. The molecule has 2 saturated carbocycles. The van der Waals surface area contributed by atoms with Crippen molar-refractivity contribution in [1.29, 1.82) is 0 Å². The molecule has 1 saturated heterocycles. The van der Waals surface area contributed by atoms with Crippen LogP contribution in [0.3, 0.4) is 0 Å². The molecule has 4 N–H and O–H groups in total. The minimum absolute atomic E-state index is 0.0721. The predicted octanol–water partition coefficient (Wildman–Crippen LogP) is 1.60. The van der Waals surface area contributed by atoms with Crippen molar-refractivity contribution in [3.05, 3.63) is 43.3 Å². The van der Waals surface area contributed by atoms with Crippen molar-refractivity contribution >= 4 is 10.9 Å². The zero-order chi connectivity index (χ0) is 22.2. The topological polar surface area (TPSA) is 117 Å². The van der Waals surface area contributed by atoms with E-state index in [0.29, 0.717) is 37.8 Å². The molecule has 5 rings (SSSR count). The lowest BCUT2D eigenvalue weighted by Gasteiger charge is -2.22. The highest BCUT2D eigenvalue weighted by molar-refractivity contribution is 5.87. The SMILES string of the molecule is Cc1c(C2CC(C(O)CO)C3(CN3)C2)c(F)c(C(F)F)c2c(=O)[nH]c(=O)n(C3CC3)c12. The standard InChI is InChI=1S/C21H24F3N3O4/c1-8-13(9-4-11(12(29)6-28)21(5-9)7-25-21)16(22)14(18(23)24)15-17(8)27(10-2-3-10)20(31)26-19(15)30/h9-12,18,25,28-29H,2-7H2,1H3,(H,26,30,31). The second-order valence-corrected chi connectivity index (χ2v) is 9.15. The smallest absolute Gasteiger partial charge is 0.329 e. The van der Waals surface area contributed by atoms with Crippen molar-refractivity contribution in [2.24, 2.45) is 5.92 Å². The van der Waals surface area contributed by atoms with Crippen molar-refractivity contribution in [2.75, 3.05) is 13.2 Å². The van der Waals surface area contributed by atoms with Crippen LogP contribution < -0.4 is 16.6 Å². The maximum absolute atomic E-state index is 15.6. The molecule has 4 unspecified atom stereocenters. The number of nitrogens with zero attached hydrogens (tertiary/aromatic N) is 1. The van der Waals surface area contributed by atoms with E-state index in [-0.39, 0.29) is 23.0 Å². The first-order chi connectivity index (χ1) is 14.7. The van der Waals surface area contributed by atoms with Crippen LogP contribution in [0.2, 0.25) is 0 Å². The van der Waals surface area contributed by atoms with Gasteiger partial charge in [-0.05, 0) is 49.7 Å². The summed E-state index contributed by atoms with van der Waals surface area (Å²) in [4.78, 5) is 27.1. The van der Waals surface area contributed by atoms with Crippen LogP contribution in [-0.2, 0) is 0 Å². The lowest BCUT2D eigenvalue weighted by Crippen LogP contribution is -2.34. The van der Waals surface area contributed by atoms with E-state index in [1.54, 1.807) is 6.92 Å². The molecule has 31 heavy (non-hydrogen) atoms. The summed E-state index contributed by atoms with van der Waals surface area (Å²) in [7, 11) is 0. The number of fused-ring (bicyclic) bond motifs is 1. The van der Waals surface area contributed by atoms with Crippen LogP contribution in [0.5, 0.6) is 0 Å². The van der Waals surface area contributed by atoms with E-state index in [1.165, 1.54) is 4.57 Å². The molecule has 1 aliphatic heterocycles. The van der Waals surface area contributed by atoms with Gasteiger partial charge in [0.05, 0.1) is 29.2 Å². The second kappa shape index (κ2) is 6.91. The number of halogens is 3. The molecule has 2 aromatic rings. The number of aromatic nitrogens is 2. The largest absolute Gasteiger partial charge is 0.394 e. The average molecular weight is 439 g/mol. The Labute approximate surface area is 174 Å². The number of aryl methyl sites for hydroxylation is 1. The highest BCUT2D eigenvalue weighted by Gasteiger charge is 2.58. The average Bonchev–Trinajstić information content (AvgIpc) is 3.61. The zero-order valence-electron chi connectivity index (χ0n) is 16.9. The molecule has 1 aromatic heterocycles. The summed E-state index contributed by atoms with van der Waals surface area (Å²) in [6.45, 7) is 1.71. The Hall–Kier alpha value is -2.17. The third-order valence-electron chi connectivity index (χ3n) is 7.33. The van der Waals surface area contributed by atoms with E-state index in [2.05, 4.69) is 10.3 Å². The van der Waals surface area contributed by atoms with Gasteiger partial charge in [0.1, 0.15) is 5.82 Å². The van der Waals surface area contributed by atoms with E-state index < -0.39 is 58.6 Å². The van der Waals surface area contributed by atoms with Crippen molar-refractivity contribution in [3.8, 4) is 0 Å². The fourth-order valence-corrected chi connectivity index (χ4v) is 5.68. The highest BCUT2D eigenvalue weighted by atomic mass is 19.3. The lowest BCUT2D eigenvalue weighted by molar-refractivity contribution is 0.0390. The van der Waals surface area contributed by atoms with Crippen LogP contribution in [0, 0.1) is 18.7 Å². The Morgan fingerprint density at radius 3 is 2.52 bits per heavy atom. The second-order valence-electron chi connectivity index (χ2n) is 9.15. The number of nitrogens with one attached hydrogen (secondary N) is 2. The number of aliphatic hydroxyl groups excluding tert-OH is 2. The summed E-state index contributed by atoms with van der Waals surface area (Å²) in [5.74, 6) is -1.96. The normalized spacial score (nSPS) is 28.7. The number of hydrogen-bond acceptors (Lipinski definition) is 5. The van der Waals surface area contributed by atoms with Crippen LogP contribution in [0.15, 0.2) is 9.59 Å². The number of rotatable bonds is 5. The molecular weight excluding hydrogens is 415 g/mol. The summed E-state index contributed by atoms with van der Waals surface area (Å²) in [6, 6.07) is -0.210. The van der Waals surface area contributed by atoms with Gasteiger partial charge in [0.2, 0.25) is 0 Å². The molecule has 1 aromatic carbocycles. The van der Waals surface area contributed by atoms with Crippen LogP contribution in [-0.4, -0.2) is 44.6 Å². The quantitative estimate of drug-likeness (QED) is 0.528. The summed E-state index contributed by atoms with van der Waals surface area (Å²) in [5, 5.41) is 22.4. The maximum Gasteiger partial charge on any atom is 0.329 e. The van der Waals surface area contributed by atoms with Crippen LogP contribution >= 0.6 is 0 Å². The molecular formula is C21H24F3N3O4. The molecule has 0 radical (unpaired) electrons. The Bertz CT molecular complexity index is 1180. The van der Waals surface area contributed by atoms with Crippen molar-refractivity contribution in [2.45, 2.75) is 62.6 Å². The van der Waals surface area contributed by atoms with Crippen molar-refractivity contribution in [3.63, 3.8) is 0 Å². The minimum atomic E-state index is -3.23.